The average molecular weight is 213 g/mol. The summed E-state index contributed by atoms with van der Waals surface area (Å²) in [6.45, 7) is 0. The minimum Gasteiger partial charge on any atom is -0.320 e. The van der Waals surface area contributed by atoms with Crippen molar-refractivity contribution in [1.29, 1.82) is 0 Å². The Balaban J connectivity index is 3.99. The summed E-state index contributed by atoms with van der Waals surface area (Å²) in [6.07, 6.45) is 0. The van der Waals surface area contributed by atoms with Gasteiger partial charge in [-0.15, -0.1) is 0 Å². The summed E-state index contributed by atoms with van der Waals surface area (Å²) < 4.78 is 50.2. The third kappa shape index (κ3) is 4.23. The molecule has 9 heteroatoms. The van der Waals surface area contributed by atoms with Crippen LogP contribution in [0.25, 0.3) is 0 Å². The molecule has 6 nitrogen and oxygen atoms in total. The van der Waals surface area contributed by atoms with Crippen molar-refractivity contribution in [2.45, 2.75) is 4.90 Å². The summed E-state index contributed by atoms with van der Waals surface area (Å²) in [5, 5.41) is 0. The Morgan fingerprint density at radius 3 is 2.10 bits per heavy atom. The molecule has 0 saturated heterocycles. The summed E-state index contributed by atoms with van der Waals surface area (Å²) in [5.74, 6) is 0. The number of hydrogen-bond acceptors (Lipinski definition) is 5. The van der Waals surface area contributed by atoms with Crippen molar-refractivity contribution < 1.29 is 37.4 Å². The van der Waals surface area contributed by atoms with Gasteiger partial charge in [-0.25, -0.2) is 0 Å². The molecule has 0 heterocycles. The first kappa shape index (κ1) is 10.4. The molecule has 0 spiro atoms. The monoisotopic (exact) mass is 212 g/mol. The van der Waals surface area contributed by atoms with Crippen LogP contribution < -0.4 is 9.32 Å². The Morgan fingerprint density at radius 1 is 1.60 bits per heavy atom. The minimum atomic E-state index is -4.66. The highest BCUT2D eigenvalue weighted by atomic mass is 35.6. The molecule has 0 aromatic heterocycles. The molecular formula is CH2Cl2O6S. The van der Waals surface area contributed by atoms with Gasteiger partial charge in [0.2, 0.25) is 0 Å². The molecule has 0 rings (SSSR count). The van der Waals surface area contributed by atoms with Gasteiger partial charge in [-0.05, 0) is 0 Å². The van der Waals surface area contributed by atoms with Crippen LogP contribution in [0.5, 0.6) is 0 Å². The maximum atomic E-state index is 9.89. The van der Waals surface area contributed by atoms with Crippen molar-refractivity contribution >= 4 is 21.7 Å². The van der Waals surface area contributed by atoms with Crippen molar-refractivity contribution in [3.63, 3.8) is 0 Å². The van der Waals surface area contributed by atoms with Crippen LogP contribution in [-0.4, -0.2) is 17.9 Å². The second-order valence-corrected chi connectivity index (χ2v) is 3.74. The lowest BCUT2D eigenvalue weighted by molar-refractivity contribution is -1.63. The van der Waals surface area contributed by atoms with E-state index in [1.54, 1.807) is 0 Å². The Morgan fingerprint density at radius 2 is 2.00 bits per heavy atom. The number of rotatable bonds is 3. The van der Waals surface area contributed by atoms with Gasteiger partial charge in [0.25, 0.3) is 10.8 Å². The second-order valence-electron chi connectivity index (χ2n) is 1.07. The summed E-state index contributed by atoms with van der Waals surface area (Å²) in [5.41, 5.74) is 0. The Labute approximate surface area is 64.5 Å². The molecule has 1 unspecified atom stereocenters. The van der Waals surface area contributed by atoms with Crippen molar-refractivity contribution in [2.24, 2.45) is 0 Å². The topological polar surface area (TPSA) is 110 Å². The van der Waals surface area contributed by atoms with Crippen LogP contribution >= 0.6 is 11.6 Å². The highest BCUT2D eigenvalue weighted by Crippen LogP contribution is 2.06. The van der Waals surface area contributed by atoms with Gasteiger partial charge in [0.05, 0.1) is 4.29 Å². The molecule has 62 valence electrons. The minimum absolute atomic E-state index is 2.29. The van der Waals surface area contributed by atoms with Gasteiger partial charge >= 0.3 is 15.0 Å². The molecule has 1 atom stereocenters. The fourth-order valence-electron chi connectivity index (χ4n) is 0.103. The summed E-state index contributed by atoms with van der Waals surface area (Å²) >= 11 is 4.69. The van der Waals surface area contributed by atoms with Crippen LogP contribution in [-0.2, 0) is 14.4 Å². The van der Waals surface area contributed by atoms with Crippen LogP contribution in [0.15, 0.2) is 0 Å². The van der Waals surface area contributed by atoms with Crippen LogP contribution in [0, 0.1) is 10.8 Å². The van der Waals surface area contributed by atoms with Gasteiger partial charge in [0.1, 0.15) is 0 Å². The van der Waals surface area contributed by atoms with Crippen LogP contribution in [0.2, 0.25) is 0 Å². The summed E-state index contributed by atoms with van der Waals surface area (Å²) in [4.78, 5) is -2.29. The zero-order valence-electron chi connectivity index (χ0n) is 4.23. The Hall–Kier alpha value is 0.370. The summed E-state index contributed by atoms with van der Waals surface area (Å²) in [6, 6.07) is 0. The number of halogens is 2. The molecule has 0 radical (unpaired) electrons. The van der Waals surface area contributed by atoms with Gasteiger partial charge in [0, 0.05) is 0 Å². The second kappa shape index (κ2) is 3.67. The first-order chi connectivity index (χ1) is 4.34. The Kier molecular flexibility index (Phi) is 3.81. The highest BCUT2D eigenvalue weighted by molar-refractivity contribution is 7.87. The van der Waals surface area contributed by atoms with E-state index < -0.39 is 25.8 Å². The lowest BCUT2D eigenvalue weighted by Gasteiger charge is -1.97. The van der Waals surface area contributed by atoms with Crippen molar-refractivity contribution in [3.8, 4) is 0 Å². The SMILES string of the molecule is O=S(=O)(O)C(Cl)O[Cl+2]([O-])[O-]. The number of alkyl halides is 1. The molecule has 1 N–H and O–H groups in total. The van der Waals surface area contributed by atoms with Crippen LogP contribution in [0.4, 0.5) is 0 Å². The van der Waals surface area contributed by atoms with E-state index in [4.69, 9.17) is 4.55 Å². The maximum absolute atomic E-state index is 9.89. The molecule has 0 aliphatic carbocycles. The molecule has 0 saturated carbocycles. The molecular weight excluding hydrogens is 211 g/mol. The van der Waals surface area contributed by atoms with Gasteiger partial charge in [-0.1, -0.05) is 11.6 Å². The normalized spacial score (nSPS) is 15.7. The molecule has 10 heavy (non-hydrogen) atoms. The highest BCUT2D eigenvalue weighted by Gasteiger charge is 2.31. The number of hydrogen-bond donors (Lipinski definition) is 1. The van der Waals surface area contributed by atoms with Gasteiger partial charge < -0.3 is 9.32 Å². The predicted molar refractivity (Wildman–Crippen MR) is 22.3 cm³/mol. The van der Waals surface area contributed by atoms with Crippen molar-refractivity contribution in [2.75, 3.05) is 0 Å². The molecule has 0 aromatic rings. The van der Waals surface area contributed by atoms with E-state index >= 15 is 0 Å². The summed E-state index contributed by atoms with van der Waals surface area (Å²) in [7, 11) is -7.41. The van der Waals surface area contributed by atoms with Crippen LogP contribution in [0.1, 0.15) is 0 Å². The Bertz CT molecular complexity index is 184. The first-order valence-electron chi connectivity index (χ1n) is 1.67. The van der Waals surface area contributed by atoms with Gasteiger partial charge in [0.15, 0.2) is 0 Å². The van der Waals surface area contributed by atoms with Gasteiger partial charge in [-0.3, -0.25) is 4.55 Å². The fraction of sp³-hybridized carbons (Fsp3) is 1.00. The molecule has 0 amide bonds. The third-order valence-electron chi connectivity index (χ3n) is 0.377. The zero-order chi connectivity index (χ0) is 8.36. The molecule has 0 aromatic carbocycles. The van der Waals surface area contributed by atoms with Gasteiger partial charge in [-0.2, -0.15) is 8.42 Å². The lowest BCUT2D eigenvalue weighted by Crippen LogP contribution is -2.38. The molecule has 0 bridgehead atoms. The first-order valence-corrected chi connectivity index (χ1v) is 4.53. The standard InChI is InChI=1S/CH2Cl2O6S/c2-1(9-3(4)5)10(6,7)8/h1H,(H,6,7,8). The molecule has 0 fully saturated rings. The third-order valence-corrected chi connectivity index (χ3v) is 2.23. The maximum Gasteiger partial charge on any atom is 0.368 e. The largest absolute Gasteiger partial charge is 0.368 e. The molecule has 0 aliphatic rings. The predicted octanol–water partition coefficient (Wildman–Crippen LogP) is -2.50. The quantitative estimate of drug-likeness (QED) is 0.409. The van der Waals surface area contributed by atoms with Crippen LogP contribution in [0.3, 0.4) is 0 Å². The van der Waals surface area contributed by atoms with E-state index in [1.807, 2.05) is 0 Å². The van der Waals surface area contributed by atoms with Crippen molar-refractivity contribution in [1.82, 2.24) is 0 Å². The lowest BCUT2D eigenvalue weighted by atomic mass is 11.7. The molecule has 0 aliphatic heterocycles. The fourth-order valence-corrected chi connectivity index (χ4v) is 0.928. The van der Waals surface area contributed by atoms with E-state index in [1.165, 1.54) is 0 Å². The van der Waals surface area contributed by atoms with Crippen molar-refractivity contribution in [3.05, 3.63) is 0 Å². The average Bonchev–Trinajstić information content (AvgIpc) is 1.60. The van der Waals surface area contributed by atoms with E-state index in [0.29, 0.717) is 0 Å². The zero-order valence-corrected chi connectivity index (χ0v) is 6.56. The van der Waals surface area contributed by atoms with E-state index in [-0.39, 0.29) is 0 Å². The van der Waals surface area contributed by atoms with E-state index in [2.05, 4.69) is 15.9 Å². The van der Waals surface area contributed by atoms with E-state index in [9.17, 15) is 17.7 Å². The smallest absolute Gasteiger partial charge is 0.320 e. The van der Waals surface area contributed by atoms with E-state index in [0.717, 1.165) is 0 Å².